The molecule has 0 aliphatic heterocycles. The Labute approximate surface area is 105 Å². The van der Waals surface area contributed by atoms with Crippen molar-refractivity contribution in [2.45, 2.75) is 58.8 Å². The monoisotopic (exact) mass is 238 g/mol. The second-order valence-electron chi connectivity index (χ2n) is 6.36. The maximum absolute atomic E-state index is 11.6. The van der Waals surface area contributed by atoms with Crippen LogP contribution in [0.1, 0.15) is 58.8 Å². The van der Waals surface area contributed by atoms with Crippen molar-refractivity contribution < 1.29 is 9.53 Å². The van der Waals surface area contributed by atoms with E-state index in [1.807, 2.05) is 0 Å². The molecule has 2 heteroatoms. The molecule has 2 rings (SSSR count). The number of esters is 1. The van der Waals surface area contributed by atoms with Crippen molar-refractivity contribution >= 4 is 5.97 Å². The first-order valence-corrected chi connectivity index (χ1v) is 7.30. The summed E-state index contributed by atoms with van der Waals surface area (Å²) in [6, 6.07) is 0. The lowest BCUT2D eigenvalue weighted by Crippen LogP contribution is -2.21. The Kier molecular flexibility index (Phi) is 4.47. The highest BCUT2D eigenvalue weighted by molar-refractivity contribution is 5.69. The van der Waals surface area contributed by atoms with Crippen LogP contribution in [0.4, 0.5) is 0 Å². The van der Waals surface area contributed by atoms with Gasteiger partial charge in [-0.25, -0.2) is 0 Å². The molecule has 0 heterocycles. The fraction of sp³-hybridized carbons (Fsp3) is 0.933. The van der Waals surface area contributed by atoms with Gasteiger partial charge in [0.2, 0.25) is 0 Å². The van der Waals surface area contributed by atoms with Crippen molar-refractivity contribution in [1.82, 2.24) is 0 Å². The molecule has 2 fully saturated rings. The van der Waals surface area contributed by atoms with Crippen LogP contribution in [0.5, 0.6) is 0 Å². The van der Waals surface area contributed by atoms with E-state index in [9.17, 15) is 4.79 Å². The third-order valence-electron chi connectivity index (χ3n) is 4.47. The van der Waals surface area contributed by atoms with Gasteiger partial charge in [0.25, 0.3) is 0 Å². The molecule has 2 aliphatic carbocycles. The van der Waals surface area contributed by atoms with Crippen LogP contribution in [0.3, 0.4) is 0 Å². The predicted molar refractivity (Wildman–Crippen MR) is 68.6 cm³/mol. The zero-order chi connectivity index (χ0) is 12.3. The maximum atomic E-state index is 11.6. The van der Waals surface area contributed by atoms with Gasteiger partial charge in [0.05, 0.1) is 6.61 Å². The molecule has 0 atom stereocenters. The fourth-order valence-electron chi connectivity index (χ4n) is 2.85. The van der Waals surface area contributed by atoms with Crippen LogP contribution in [0.15, 0.2) is 0 Å². The van der Waals surface area contributed by atoms with E-state index >= 15 is 0 Å². The highest BCUT2D eigenvalue weighted by Crippen LogP contribution is 2.35. The molecule has 0 spiro atoms. The summed E-state index contributed by atoms with van der Waals surface area (Å²) in [5, 5.41) is 0. The number of ether oxygens (including phenoxy) is 1. The highest BCUT2D eigenvalue weighted by atomic mass is 16.5. The molecular formula is C15H26O2. The molecule has 0 aromatic rings. The summed E-state index contributed by atoms with van der Waals surface area (Å²) in [6.45, 7) is 5.31. The van der Waals surface area contributed by atoms with Gasteiger partial charge in [-0.05, 0) is 62.2 Å². The van der Waals surface area contributed by atoms with E-state index in [4.69, 9.17) is 4.74 Å². The summed E-state index contributed by atoms with van der Waals surface area (Å²) >= 11 is 0. The number of carbonyl (C=O) groups is 1. The molecular weight excluding hydrogens is 212 g/mol. The zero-order valence-electron chi connectivity index (χ0n) is 11.3. The van der Waals surface area contributed by atoms with Crippen molar-refractivity contribution in [2.24, 2.45) is 23.7 Å². The smallest absolute Gasteiger partial charge is 0.306 e. The van der Waals surface area contributed by atoms with E-state index in [-0.39, 0.29) is 5.97 Å². The lowest BCUT2D eigenvalue weighted by Gasteiger charge is -2.30. The van der Waals surface area contributed by atoms with Gasteiger partial charge in [-0.2, -0.15) is 0 Å². The lowest BCUT2D eigenvalue weighted by molar-refractivity contribution is -0.145. The first kappa shape index (κ1) is 12.9. The highest BCUT2D eigenvalue weighted by Gasteiger charge is 2.27. The van der Waals surface area contributed by atoms with Crippen LogP contribution in [0, 0.1) is 23.7 Å². The summed E-state index contributed by atoms with van der Waals surface area (Å²) < 4.78 is 5.30. The summed E-state index contributed by atoms with van der Waals surface area (Å²) in [7, 11) is 0. The molecule has 0 aromatic heterocycles. The Morgan fingerprint density at radius 3 is 2.18 bits per heavy atom. The van der Waals surface area contributed by atoms with E-state index in [0.717, 1.165) is 11.8 Å². The van der Waals surface area contributed by atoms with Gasteiger partial charge in [-0.1, -0.05) is 13.8 Å². The van der Waals surface area contributed by atoms with Gasteiger partial charge < -0.3 is 4.74 Å². The molecule has 2 nitrogen and oxygen atoms in total. The van der Waals surface area contributed by atoms with Gasteiger partial charge in [0.15, 0.2) is 0 Å². The summed E-state index contributed by atoms with van der Waals surface area (Å²) in [6.07, 6.45) is 8.23. The van der Waals surface area contributed by atoms with Gasteiger partial charge in [0.1, 0.15) is 0 Å². The Morgan fingerprint density at radius 1 is 1.06 bits per heavy atom. The Morgan fingerprint density at radius 2 is 1.65 bits per heavy atom. The number of carbonyl (C=O) groups excluding carboxylic acids is 1. The molecule has 2 saturated carbocycles. The molecule has 98 valence electrons. The van der Waals surface area contributed by atoms with Gasteiger partial charge in [-0.15, -0.1) is 0 Å². The maximum Gasteiger partial charge on any atom is 0.306 e. The molecule has 2 aliphatic rings. The molecule has 17 heavy (non-hydrogen) atoms. The van der Waals surface area contributed by atoms with Crippen LogP contribution in [0.25, 0.3) is 0 Å². The van der Waals surface area contributed by atoms with Crippen LogP contribution < -0.4 is 0 Å². The van der Waals surface area contributed by atoms with Crippen molar-refractivity contribution in [3.63, 3.8) is 0 Å². The van der Waals surface area contributed by atoms with Crippen molar-refractivity contribution in [1.29, 1.82) is 0 Å². The van der Waals surface area contributed by atoms with Crippen molar-refractivity contribution in [3.8, 4) is 0 Å². The average molecular weight is 238 g/mol. The minimum absolute atomic E-state index is 0.0462. The molecule has 0 aromatic carbocycles. The quantitative estimate of drug-likeness (QED) is 0.681. The fourth-order valence-corrected chi connectivity index (χ4v) is 2.85. The lowest BCUT2D eigenvalue weighted by atomic mass is 9.76. The second-order valence-corrected chi connectivity index (χ2v) is 6.36. The van der Waals surface area contributed by atoms with E-state index in [1.54, 1.807) is 0 Å². The van der Waals surface area contributed by atoms with Gasteiger partial charge in [0, 0.05) is 6.42 Å². The number of hydrogen-bond donors (Lipinski definition) is 0. The topological polar surface area (TPSA) is 26.3 Å². The van der Waals surface area contributed by atoms with Crippen molar-refractivity contribution in [2.75, 3.05) is 6.61 Å². The Hall–Kier alpha value is -0.530. The molecule has 0 radical (unpaired) electrons. The Balaban J connectivity index is 1.61. The van der Waals surface area contributed by atoms with Crippen LogP contribution in [-0.2, 0) is 9.53 Å². The standard InChI is InChI=1S/C15H26O2/c1-11(2)14-7-5-12(6-8-14)9-15(16)17-10-13-3-4-13/h11-14H,3-10H2,1-2H3. The molecule has 0 unspecified atom stereocenters. The van der Waals surface area contributed by atoms with Crippen LogP contribution in [-0.4, -0.2) is 12.6 Å². The van der Waals surface area contributed by atoms with E-state index in [2.05, 4.69) is 13.8 Å². The van der Waals surface area contributed by atoms with Crippen molar-refractivity contribution in [3.05, 3.63) is 0 Å². The van der Waals surface area contributed by atoms with E-state index in [0.29, 0.717) is 24.9 Å². The van der Waals surface area contributed by atoms with Gasteiger partial charge in [-0.3, -0.25) is 4.79 Å². The number of hydrogen-bond acceptors (Lipinski definition) is 2. The Bertz CT molecular complexity index is 248. The normalized spacial score (nSPS) is 29.4. The SMILES string of the molecule is CC(C)C1CCC(CC(=O)OCC2CC2)CC1. The minimum Gasteiger partial charge on any atom is -0.465 e. The summed E-state index contributed by atoms with van der Waals surface area (Å²) in [5.41, 5.74) is 0. The summed E-state index contributed by atoms with van der Waals surface area (Å²) in [5.74, 6) is 3.02. The summed E-state index contributed by atoms with van der Waals surface area (Å²) in [4.78, 5) is 11.6. The van der Waals surface area contributed by atoms with Gasteiger partial charge >= 0.3 is 5.97 Å². The molecule has 0 bridgehead atoms. The predicted octanol–water partition coefficient (Wildman–Crippen LogP) is 3.79. The van der Waals surface area contributed by atoms with Crippen LogP contribution >= 0.6 is 0 Å². The molecule has 0 saturated heterocycles. The van der Waals surface area contributed by atoms with Crippen LogP contribution in [0.2, 0.25) is 0 Å². The first-order chi connectivity index (χ1) is 8.15. The van der Waals surface area contributed by atoms with E-state index < -0.39 is 0 Å². The largest absolute Gasteiger partial charge is 0.465 e. The third-order valence-corrected chi connectivity index (χ3v) is 4.47. The minimum atomic E-state index is 0.0462. The number of rotatable bonds is 5. The molecule has 0 amide bonds. The second kappa shape index (κ2) is 5.88. The average Bonchev–Trinajstić information content (AvgIpc) is 3.11. The van der Waals surface area contributed by atoms with E-state index in [1.165, 1.54) is 38.5 Å². The molecule has 0 N–H and O–H groups in total. The third kappa shape index (κ3) is 4.33. The zero-order valence-corrected chi connectivity index (χ0v) is 11.3. The first-order valence-electron chi connectivity index (χ1n) is 7.30.